The highest BCUT2D eigenvalue weighted by Gasteiger charge is 2.29. The zero-order valence-electron chi connectivity index (χ0n) is 16.1. The first kappa shape index (κ1) is 17.2. The van der Waals surface area contributed by atoms with Crippen LogP contribution in [0, 0.1) is 5.92 Å². The number of anilines is 1. The quantitative estimate of drug-likeness (QED) is 0.719. The second-order valence-electron chi connectivity index (χ2n) is 8.12. The maximum absolute atomic E-state index is 12.4. The van der Waals surface area contributed by atoms with E-state index in [1.165, 1.54) is 12.8 Å². The summed E-state index contributed by atoms with van der Waals surface area (Å²) in [5, 5.41) is 13.0. The highest BCUT2D eigenvalue weighted by Crippen LogP contribution is 2.38. The van der Waals surface area contributed by atoms with Crippen LogP contribution in [0.15, 0.2) is 42.6 Å². The average Bonchev–Trinajstić information content (AvgIpc) is 3.47. The van der Waals surface area contributed by atoms with Crippen molar-refractivity contribution in [2.45, 2.75) is 25.2 Å². The van der Waals surface area contributed by atoms with Crippen molar-refractivity contribution in [3.8, 4) is 0 Å². The Morgan fingerprint density at radius 3 is 2.71 bits per heavy atom. The molecule has 6 heteroatoms. The molecule has 1 aliphatic heterocycles. The maximum atomic E-state index is 12.4. The van der Waals surface area contributed by atoms with Crippen molar-refractivity contribution in [1.29, 1.82) is 0 Å². The standard InChI is InChI=1S/C22H25N5O/c1-26-14-17(18-4-2-3-5-20(18)26)10-22(28)23-11-15-12-27(13-15)21-9-8-19(24-25-21)16-6-7-16/h2-5,8-9,14-16H,6-7,10-13H2,1H3,(H,23,28). The normalized spacial score (nSPS) is 17.0. The van der Waals surface area contributed by atoms with E-state index in [1.807, 2.05) is 19.2 Å². The van der Waals surface area contributed by atoms with Gasteiger partial charge in [-0.05, 0) is 36.6 Å². The van der Waals surface area contributed by atoms with E-state index in [0.717, 1.165) is 41.1 Å². The SMILES string of the molecule is Cn1cc(CC(=O)NCC2CN(c3ccc(C4CC4)nn3)C2)c2ccccc21. The number of carbonyl (C=O) groups is 1. The largest absolute Gasteiger partial charge is 0.355 e. The lowest BCUT2D eigenvalue weighted by molar-refractivity contribution is -0.120. The fourth-order valence-electron chi connectivity index (χ4n) is 4.05. The molecule has 3 heterocycles. The van der Waals surface area contributed by atoms with Gasteiger partial charge in [0.1, 0.15) is 0 Å². The Balaban J connectivity index is 1.11. The highest BCUT2D eigenvalue weighted by molar-refractivity contribution is 5.89. The van der Waals surface area contributed by atoms with Gasteiger partial charge < -0.3 is 14.8 Å². The lowest BCUT2D eigenvalue weighted by Crippen LogP contribution is -2.52. The number of aryl methyl sites for hydroxylation is 1. The van der Waals surface area contributed by atoms with Gasteiger partial charge in [-0.3, -0.25) is 4.79 Å². The van der Waals surface area contributed by atoms with Gasteiger partial charge in [0.25, 0.3) is 0 Å². The number of aromatic nitrogens is 3. The number of benzene rings is 1. The molecule has 1 N–H and O–H groups in total. The number of nitrogens with zero attached hydrogens (tertiary/aromatic N) is 4. The Hall–Kier alpha value is -2.89. The minimum atomic E-state index is 0.0865. The molecule has 1 aromatic carbocycles. The van der Waals surface area contributed by atoms with Crippen LogP contribution in [0.2, 0.25) is 0 Å². The first-order valence-electron chi connectivity index (χ1n) is 10.1. The van der Waals surface area contributed by atoms with E-state index in [4.69, 9.17) is 0 Å². The van der Waals surface area contributed by atoms with E-state index in [0.29, 0.717) is 24.8 Å². The number of amides is 1. The van der Waals surface area contributed by atoms with Crippen LogP contribution in [0.3, 0.4) is 0 Å². The number of rotatable bonds is 6. The molecule has 0 spiro atoms. The molecule has 1 amide bonds. The molecular formula is C22H25N5O. The van der Waals surface area contributed by atoms with Crippen molar-refractivity contribution in [2.75, 3.05) is 24.5 Å². The lowest BCUT2D eigenvalue weighted by atomic mass is 10.00. The van der Waals surface area contributed by atoms with Gasteiger partial charge >= 0.3 is 0 Å². The average molecular weight is 375 g/mol. The van der Waals surface area contributed by atoms with Crippen molar-refractivity contribution in [2.24, 2.45) is 13.0 Å². The van der Waals surface area contributed by atoms with Gasteiger partial charge in [0.2, 0.25) is 5.91 Å². The van der Waals surface area contributed by atoms with Crippen molar-refractivity contribution < 1.29 is 4.79 Å². The molecule has 2 fully saturated rings. The minimum Gasteiger partial charge on any atom is -0.355 e. The second kappa shape index (κ2) is 6.93. The topological polar surface area (TPSA) is 63.1 Å². The summed E-state index contributed by atoms with van der Waals surface area (Å²) in [6, 6.07) is 12.4. The lowest BCUT2D eigenvalue weighted by Gasteiger charge is -2.39. The van der Waals surface area contributed by atoms with Crippen molar-refractivity contribution >= 4 is 22.6 Å². The number of hydrogen-bond acceptors (Lipinski definition) is 4. The third-order valence-electron chi connectivity index (χ3n) is 5.87. The van der Waals surface area contributed by atoms with Crippen LogP contribution in [-0.2, 0) is 18.3 Å². The Kier molecular flexibility index (Phi) is 4.26. The molecule has 2 aromatic heterocycles. The smallest absolute Gasteiger partial charge is 0.224 e. The van der Waals surface area contributed by atoms with Crippen molar-refractivity contribution in [3.05, 3.63) is 53.9 Å². The molecule has 6 nitrogen and oxygen atoms in total. The van der Waals surface area contributed by atoms with Gasteiger partial charge in [0.05, 0.1) is 12.1 Å². The van der Waals surface area contributed by atoms with Gasteiger partial charge in [-0.2, -0.15) is 5.10 Å². The van der Waals surface area contributed by atoms with Gasteiger partial charge in [0.15, 0.2) is 5.82 Å². The van der Waals surface area contributed by atoms with Crippen LogP contribution in [0.25, 0.3) is 10.9 Å². The summed E-state index contributed by atoms with van der Waals surface area (Å²) >= 11 is 0. The number of hydrogen-bond donors (Lipinski definition) is 1. The zero-order chi connectivity index (χ0) is 19.1. The highest BCUT2D eigenvalue weighted by atomic mass is 16.1. The molecule has 1 saturated heterocycles. The number of para-hydroxylation sites is 1. The molecule has 3 aromatic rings. The Morgan fingerprint density at radius 2 is 1.96 bits per heavy atom. The van der Waals surface area contributed by atoms with Crippen molar-refractivity contribution in [3.63, 3.8) is 0 Å². The Labute approximate surface area is 164 Å². The van der Waals surface area contributed by atoms with E-state index < -0.39 is 0 Å². The van der Waals surface area contributed by atoms with Crippen LogP contribution in [-0.4, -0.2) is 40.3 Å². The van der Waals surface area contributed by atoms with Gasteiger partial charge in [-0.1, -0.05) is 18.2 Å². The van der Waals surface area contributed by atoms with Crippen LogP contribution >= 0.6 is 0 Å². The van der Waals surface area contributed by atoms with E-state index >= 15 is 0 Å². The first-order chi connectivity index (χ1) is 13.7. The summed E-state index contributed by atoms with van der Waals surface area (Å²) in [4.78, 5) is 14.6. The van der Waals surface area contributed by atoms with Gasteiger partial charge in [0, 0.05) is 55.6 Å². The van der Waals surface area contributed by atoms with Crippen LogP contribution in [0.4, 0.5) is 5.82 Å². The zero-order valence-corrected chi connectivity index (χ0v) is 16.1. The number of fused-ring (bicyclic) bond motifs is 1. The summed E-state index contributed by atoms with van der Waals surface area (Å²) in [7, 11) is 2.02. The third kappa shape index (κ3) is 3.35. The third-order valence-corrected chi connectivity index (χ3v) is 5.87. The van der Waals surface area contributed by atoms with Crippen molar-refractivity contribution in [1.82, 2.24) is 20.1 Å². The molecule has 2 aliphatic rings. The van der Waals surface area contributed by atoms with E-state index in [9.17, 15) is 4.79 Å². The first-order valence-corrected chi connectivity index (χ1v) is 10.1. The fourth-order valence-corrected chi connectivity index (χ4v) is 4.05. The molecule has 5 rings (SSSR count). The Morgan fingerprint density at radius 1 is 1.14 bits per heavy atom. The number of carbonyl (C=O) groups excluding carboxylic acids is 1. The molecule has 1 aliphatic carbocycles. The van der Waals surface area contributed by atoms with Crippen LogP contribution < -0.4 is 10.2 Å². The second-order valence-corrected chi connectivity index (χ2v) is 8.12. The molecule has 0 atom stereocenters. The molecule has 0 unspecified atom stereocenters. The monoisotopic (exact) mass is 375 g/mol. The molecule has 0 bridgehead atoms. The summed E-state index contributed by atoms with van der Waals surface area (Å²) in [5.41, 5.74) is 3.37. The van der Waals surface area contributed by atoms with E-state index in [-0.39, 0.29) is 5.91 Å². The minimum absolute atomic E-state index is 0.0865. The molecule has 28 heavy (non-hydrogen) atoms. The summed E-state index contributed by atoms with van der Waals surface area (Å²) < 4.78 is 2.08. The molecule has 0 radical (unpaired) electrons. The van der Waals surface area contributed by atoms with Crippen LogP contribution in [0.1, 0.15) is 30.0 Å². The Bertz CT molecular complexity index is 999. The fraction of sp³-hybridized carbons (Fsp3) is 0.409. The predicted octanol–water partition coefficient (Wildman–Crippen LogP) is 2.64. The molecule has 144 valence electrons. The molecular weight excluding hydrogens is 350 g/mol. The summed E-state index contributed by atoms with van der Waals surface area (Å²) in [6.07, 6.45) is 4.97. The summed E-state index contributed by atoms with van der Waals surface area (Å²) in [6.45, 7) is 2.56. The number of nitrogens with one attached hydrogen (secondary N) is 1. The van der Waals surface area contributed by atoms with Gasteiger partial charge in [-0.25, -0.2) is 0 Å². The molecule has 1 saturated carbocycles. The van der Waals surface area contributed by atoms with E-state index in [1.54, 1.807) is 0 Å². The van der Waals surface area contributed by atoms with Crippen LogP contribution in [0.5, 0.6) is 0 Å². The maximum Gasteiger partial charge on any atom is 0.224 e. The van der Waals surface area contributed by atoms with E-state index in [2.05, 4.69) is 55.4 Å². The predicted molar refractivity (Wildman–Crippen MR) is 109 cm³/mol. The van der Waals surface area contributed by atoms with Gasteiger partial charge in [-0.15, -0.1) is 5.10 Å². The summed E-state index contributed by atoms with van der Waals surface area (Å²) in [5.74, 6) is 2.15.